The number of hydrazine groups is 1. The summed E-state index contributed by atoms with van der Waals surface area (Å²) in [6, 6.07) is 2.03. The molecule has 0 spiro atoms. The smallest absolute Gasteiger partial charge is 0.254 e. The minimum Gasteiger partial charge on any atom is -0.339 e. The first-order valence-electron chi connectivity index (χ1n) is 6.28. The highest BCUT2D eigenvalue weighted by Gasteiger charge is 2.23. The maximum atomic E-state index is 13.5. The highest BCUT2D eigenvalue weighted by Crippen LogP contribution is 2.23. The van der Waals surface area contributed by atoms with E-state index in [-0.39, 0.29) is 11.5 Å². The van der Waals surface area contributed by atoms with E-state index in [0.717, 1.165) is 25.0 Å². The van der Waals surface area contributed by atoms with Crippen LogP contribution in [0, 0.1) is 17.6 Å². The van der Waals surface area contributed by atoms with Crippen LogP contribution in [0.4, 0.5) is 14.5 Å². The van der Waals surface area contributed by atoms with Gasteiger partial charge in [0, 0.05) is 18.7 Å². The van der Waals surface area contributed by atoms with E-state index in [0.29, 0.717) is 19.0 Å². The fraction of sp³-hybridized carbons (Fsp3) is 0.462. The molecule has 1 aromatic rings. The number of halogens is 2. The second-order valence-electron chi connectivity index (χ2n) is 4.93. The lowest BCUT2D eigenvalue weighted by Gasteiger charge is -2.30. The zero-order valence-electron chi connectivity index (χ0n) is 10.7. The quantitative estimate of drug-likeness (QED) is 0.638. The van der Waals surface area contributed by atoms with Crippen molar-refractivity contribution >= 4 is 11.6 Å². The second-order valence-corrected chi connectivity index (χ2v) is 4.93. The number of nitrogens with zero attached hydrogens (tertiary/aromatic N) is 1. The van der Waals surface area contributed by atoms with Gasteiger partial charge in [0.2, 0.25) is 0 Å². The van der Waals surface area contributed by atoms with E-state index in [1.165, 1.54) is 0 Å². The molecule has 3 N–H and O–H groups in total. The molecule has 1 saturated heterocycles. The van der Waals surface area contributed by atoms with Crippen LogP contribution in [-0.2, 0) is 0 Å². The molecule has 104 valence electrons. The predicted molar refractivity (Wildman–Crippen MR) is 68.5 cm³/mol. The highest BCUT2D eigenvalue weighted by molar-refractivity contribution is 5.94. The first-order chi connectivity index (χ1) is 9.02. The fourth-order valence-corrected chi connectivity index (χ4v) is 2.23. The SMILES string of the molecule is CC1CCN(C(=O)c2cc(F)c(NN)c(F)c2)CC1. The second kappa shape index (κ2) is 5.52. The lowest BCUT2D eigenvalue weighted by Crippen LogP contribution is -2.38. The molecule has 6 heteroatoms. The zero-order valence-corrected chi connectivity index (χ0v) is 10.7. The normalized spacial score (nSPS) is 16.5. The van der Waals surface area contributed by atoms with E-state index < -0.39 is 17.3 Å². The number of hydrogen-bond acceptors (Lipinski definition) is 3. The minimum atomic E-state index is -0.865. The van der Waals surface area contributed by atoms with Crippen molar-refractivity contribution in [3.8, 4) is 0 Å². The van der Waals surface area contributed by atoms with Gasteiger partial charge in [-0.05, 0) is 30.9 Å². The third-order valence-electron chi connectivity index (χ3n) is 3.50. The number of nitrogens with one attached hydrogen (secondary N) is 1. The van der Waals surface area contributed by atoms with Crippen LogP contribution in [0.1, 0.15) is 30.1 Å². The first-order valence-corrected chi connectivity index (χ1v) is 6.28. The van der Waals surface area contributed by atoms with Crippen molar-refractivity contribution in [1.82, 2.24) is 4.90 Å². The highest BCUT2D eigenvalue weighted by atomic mass is 19.1. The maximum Gasteiger partial charge on any atom is 0.254 e. The summed E-state index contributed by atoms with van der Waals surface area (Å²) in [5, 5.41) is 0. The maximum absolute atomic E-state index is 13.5. The standard InChI is InChI=1S/C13H17F2N3O/c1-8-2-4-18(5-3-8)13(19)9-6-10(14)12(17-16)11(15)7-9/h6-8,17H,2-5,16H2,1H3. The Morgan fingerprint density at radius 2 is 1.84 bits per heavy atom. The van der Waals surface area contributed by atoms with E-state index in [9.17, 15) is 13.6 Å². The van der Waals surface area contributed by atoms with Crippen LogP contribution in [0.3, 0.4) is 0 Å². The van der Waals surface area contributed by atoms with Crippen molar-refractivity contribution in [3.63, 3.8) is 0 Å². The van der Waals surface area contributed by atoms with E-state index in [2.05, 4.69) is 6.92 Å². The molecule has 0 aromatic heterocycles. The lowest BCUT2D eigenvalue weighted by molar-refractivity contribution is 0.0696. The van der Waals surface area contributed by atoms with Gasteiger partial charge in [0.1, 0.15) is 5.69 Å². The average molecular weight is 269 g/mol. The summed E-state index contributed by atoms with van der Waals surface area (Å²) in [6.45, 7) is 3.38. The van der Waals surface area contributed by atoms with Crippen LogP contribution >= 0.6 is 0 Å². The Morgan fingerprint density at radius 3 is 2.32 bits per heavy atom. The van der Waals surface area contributed by atoms with Gasteiger partial charge in [0.05, 0.1) is 0 Å². The monoisotopic (exact) mass is 269 g/mol. The molecule has 0 aliphatic carbocycles. The Labute approximate surface area is 110 Å². The molecule has 1 aliphatic rings. The number of benzene rings is 1. The number of anilines is 1. The molecule has 0 radical (unpaired) electrons. The number of likely N-dealkylation sites (tertiary alicyclic amines) is 1. The molecule has 0 unspecified atom stereocenters. The van der Waals surface area contributed by atoms with Gasteiger partial charge in [0.15, 0.2) is 11.6 Å². The van der Waals surface area contributed by atoms with Crippen LogP contribution in [0.2, 0.25) is 0 Å². The number of hydrogen-bond donors (Lipinski definition) is 2. The Bertz CT molecular complexity index is 462. The average Bonchev–Trinajstić information content (AvgIpc) is 2.38. The number of nitrogens with two attached hydrogens (primary N) is 1. The molecule has 4 nitrogen and oxygen atoms in total. The zero-order chi connectivity index (χ0) is 14.0. The van der Waals surface area contributed by atoms with Crippen molar-refractivity contribution in [3.05, 3.63) is 29.3 Å². The third kappa shape index (κ3) is 2.84. The summed E-state index contributed by atoms with van der Waals surface area (Å²) in [4.78, 5) is 13.8. The van der Waals surface area contributed by atoms with E-state index >= 15 is 0 Å². The molecule has 1 aromatic carbocycles. The molecule has 19 heavy (non-hydrogen) atoms. The third-order valence-corrected chi connectivity index (χ3v) is 3.50. The fourth-order valence-electron chi connectivity index (χ4n) is 2.23. The van der Waals surface area contributed by atoms with Gasteiger partial charge in [-0.15, -0.1) is 0 Å². The van der Waals surface area contributed by atoms with E-state index in [4.69, 9.17) is 5.84 Å². The summed E-state index contributed by atoms with van der Waals surface area (Å²) < 4.78 is 27.1. The van der Waals surface area contributed by atoms with Gasteiger partial charge in [-0.1, -0.05) is 6.92 Å². The van der Waals surface area contributed by atoms with Crippen molar-refractivity contribution in [1.29, 1.82) is 0 Å². The molecule has 0 atom stereocenters. The van der Waals surface area contributed by atoms with Gasteiger partial charge < -0.3 is 10.3 Å². The summed E-state index contributed by atoms with van der Waals surface area (Å²) in [6.07, 6.45) is 1.83. The van der Waals surface area contributed by atoms with Crippen molar-refractivity contribution in [2.24, 2.45) is 11.8 Å². The summed E-state index contributed by atoms with van der Waals surface area (Å²) in [5.41, 5.74) is 1.53. The Balaban J connectivity index is 2.20. The first kappa shape index (κ1) is 13.7. The minimum absolute atomic E-state index is 0.0172. The summed E-state index contributed by atoms with van der Waals surface area (Å²) in [7, 11) is 0. The number of carbonyl (C=O) groups excluding carboxylic acids is 1. The van der Waals surface area contributed by atoms with E-state index in [1.807, 2.05) is 5.43 Å². The van der Waals surface area contributed by atoms with Gasteiger partial charge in [-0.25, -0.2) is 8.78 Å². The predicted octanol–water partition coefficient (Wildman–Crippen LogP) is 2.12. The van der Waals surface area contributed by atoms with Gasteiger partial charge in [-0.2, -0.15) is 0 Å². The van der Waals surface area contributed by atoms with Crippen LogP contribution in [0.5, 0.6) is 0 Å². The number of amides is 1. The number of rotatable bonds is 2. The Hall–Kier alpha value is -1.69. The molecule has 1 fully saturated rings. The molecular formula is C13H17F2N3O. The number of nitrogen functional groups attached to an aromatic ring is 1. The van der Waals surface area contributed by atoms with E-state index in [1.54, 1.807) is 4.90 Å². The molecular weight excluding hydrogens is 252 g/mol. The summed E-state index contributed by atoms with van der Waals surface area (Å²) >= 11 is 0. The van der Waals surface area contributed by atoms with Gasteiger partial charge in [0.25, 0.3) is 5.91 Å². The Morgan fingerprint density at radius 1 is 1.32 bits per heavy atom. The number of piperidine rings is 1. The summed E-state index contributed by atoms with van der Waals surface area (Å²) in [5.74, 6) is 3.53. The molecule has 1 aliphatic heterocycles. The van der Waals surface area contributed by atoms with Crippen LogP contribution in [0.15, 0.2) is 12.1 Å². The van der Waals surface area contributed by atoms with Gasteiger partial charge >= 0.3 is 0 Å². The lowest BCUT2D eigenvalue weighted by atomic mass is 9.98. The molecule has 1 amide bonds. The Kier molecular flexibility index (Phi) is 3.99. The van der Waals surface area contributed by atoms with Crippen molar-refractivity contribution in [2.45, 2.75) is 19.8 Å². The molecule has 0 saturated carbocycles. The largest absolute Gasteiger partial charge is 0.339 e. The van der Waals surface area contributed by atoms with Crippen molar-refractivity contribution < 1.29 is 13.6 Å². The van der Waals surface area contributed by atoms with Gasteiger partial charge in [-0.3, -0.25) is 10.6 Å². The molecule has 1 heterocycles. The van der Waals surface area contributed by atoms with Crippen LogP contribution in [0.25, 0.3) is 0 Å². The molecule has 0 bridgehead atoms. The topological polar surface area (TPSA) is 58.4 Å². The number of carbonyl (C=O) groups is 1. The van der Waals surface area contributed by atoms with Crippen LogP contribution in [-0.4, -0.2) is 23.9 Å². The van der Waals surface area contributed by atoms with Crippen LogP contribution < -0.4 is 11.3 Å². The molecule has 2 rings (SSSR count). The van der Waals surface area contributed by atoms with Crippen molar-refractivity contribution in [2.75, 3.05) is 18.5 Å².